The van der Waals surface area contributed by atoms with Crippen LogP contribution in [0.1, 0.15) is 23.6 Å². The normalized spacial score (nSPS) is 18.1. The summed E-state index contributed by atoms with van der Waals surface area (Å²) < 4.78 is 0. The van der Waals surface area contributed by atoms with Gasteiger partial charge in [0.1, 0.15) is 0 Å². The molecule has 0 fully saturated rings. The lowest BCUT2D eigenvalue weighted by molar-refractivity contribution is -0.119. The molecule has 5 rings (SSSR count). The molecule has 3 aromatic carbocycles. The van der Waals surface area contributed by atoms with Crippen LogP contribution in [0, 0.1) is 0 Å². The highest BCUT2D eigenvalue weighted by atomic mass is 16.2. The van der Waals surface area contributed by atoms with Gasteiger partial charge in [0.25, 0.3) is 11.8 Å². The highest BCUT2D eigenvalue weighted by Crippen LogP contribution is 2.36. The molecule has 32 heavy (non-hydrogen) atoms. The third kappa shape index (κ3) is 3.88. The highest BCUT2D eigenvalue weighted by Gasteiger charge is 2.29. The Morgan fingerprint density at radius 2 is 1.31 bits per heavy atom. The third-order valence-corrected chi connectivity index (χ3v) is 5.57. The zero-order valence-electron chi connectivity index (χ0n) is 17.3. The maximum atomic E-state index is 12.0. The lowest BCUT2D eigenvalue weighted by atomic mass is 10.0. The molecule has 2 heterocycles. The summed E-state index contributed by atoms with van der Waals surface area (Å²) >= 11 is 0. The third-order valence-electron chi connectivity index (χ3n) is 5.57. The second-order valence-corrected chi connectivity index (χ2v) is 7.67. The van der Waals surface area contributed by atoms with Crippen LogP contribution < -0.4 is 9.91 Å². The molecule has 0 aromatic heterocycles. The van der Waals surface area contributed by atoms with Gasteiger partial charge in [0.15, 0.2) is 0 Å². The van der Waals surface area contributed by atoms with Gasteiger partial charge in [-0.25, -0.2) is 4.90 Å². The Kier molecular flexibility index (Phi) is 5.22. The molecule has 156 valence electrons. The first kappa shape index (κ1) is 19.7. The van der Waals surface area contributed by atoms with Crippen molar-refractivity contribution in [1.29, 1.82) is 0 Å². The van der Waals surface area contributed by atoms with Crippen LogP contribution in [0.4, 0.5) is 11.4 Å². The first-order valence-corrected chi connectivity index (χ1v) is 10.5. The summed E-state index contributed by atoms with van der Waals surface area (Å²) in [4.78, 5) is 25.1. The van der Waals surface area contributed by atoms with Crippen molar-refractivity contribution >= 4 is 35.0 Å². The molecule has 5 heteroatoms. The number of carbonyl (C=O) groups is 2. The number of benzene rings is 3. The number of amides is 2. The molecular formula is C27H21N3O2. The number of allylic oxidation sites excluding steroid dienone is 1. The van der Waals surface area contributed by atoms with Gasteiger partial charge in [0.05, 0.1) is 23.1 Å². The predicted molar refractivity (Wildman–Crippen MR) is 127 cm³/mol. The number of hydrogen-bond acceptors (Lipinski definition) is 4. The maximum Gasteiger partial charge on any atom is 0.258 e. The Hall–Kier alpha value is -4.25. The van der Waals surface area contributed by atoms with E-state index in [1.54, 1.807) is 12.1 Å². The average Bonchev–Trinajstić information content (AvgIpc) is 3.42. The van der Waals surface area contributed by atoms with Gasteiger partial charge in [-0.1, -0.05) is 66.7 Å². The van der Waals surface area contributed by atoms with Gasteiger partial charge in [-0.3, -0.25) is 14.6 Å². The number of hydrazone groups is 1. The fraction of sp³-hybridized carbons (Fsp3) is 0.0741. The van der Waals surface area contributed by atoms with Gasteiger partial charge in [0, 0.05) is 18.6 Å². The molecule has 2 aliphatic heterocycles. The highest BCUT2D eigenvalue weighted by molar-refractivity contribution is 6.28. The van der Waals surface area contributed by atoms with Gasteiger partial charge in [-0.15, -0.1) is 0 Å². The number of hydrogen-bond donors (Lipinski definition) is 0. The van der Waals surface area contributed by atoms with E-state index < -0.39 is 0 Å². The number of rotatable bonds is 5. The molecule has 1 atom stereocenters. The van der Waals surface area contributed by atoms with Crippen molar-refractivity contribution in [2.75, 3.05) is 9.91 Å². The molecule has 0 saturated carbocycles. The molecule has 0 aliphatic carbocycles. The standard InChI is InChI=1S/C27H21N3O2/c31-26-17-18-27(32)29(26)23-13-15-24(16-14-23)30-25(21-9-5-2-6-10-21)19-22(28-30)12-11-20-7-3-1-4-8-20/h1-18,25H,19H2/b12-11+. The smallest absolute Gasteiger partial charge is 0.258 e. The topological polar surface area (TPSA) is 53.0 Å². The lowest BCUT2D eigenvalue weighted by Gasteiger charge is -2.24. The second kappa shape index (κ2) is 8.47. The fourth-order valence-corrected chi connectivity index (χ4v) is 3.97. The molecule has 0 bridgehead atoms. The molecule has 1 unspecified atom stereocenters. The minimum atomic E-state index is -0.322. The average molecular weight is 419 g/mol. The first-order valence-electron chi connectivity index (χ1n) is 10.5. The van der Waals surface area contributed by atoms with Crippen molar-refractivity contribution in [3.63, 3.8) is 0 Å². The van der Waals surface area contributed by atoms with E-state index >= 15 is 0 Å². The van der Waals surface area contributed by atoms with Crippen LogP contribution >= 0.6 is 0 Å². The van der Waals surface area contributed by atoms with Gasteiger partial charge in [-0.05, 0) is 41.5 Å². The number of nitrogens with zero attached hydrogens (tertiary/aromatic N) is 3. The Morgan fingerprint density at radius 3 is 1.97 bits per heavy atom. The first-order chi connectivity index (χ1) is 15.7. The van der Waals surface area contributed by atoms with Gasteiger partial charge >= 0.3 is 0 Å². The van der Waals surface area contributed by atoms with Crippen LogP contribution in [-0.4, -0.2) is 17.5 Å². The second-order valence-electron chi connectivity index (χ2n) is 7.67. The van der Waals surface area contributed by atoms with Crippen molar-refractivity contribution < 1.29 is 9.59 Å². The largest absolute Gasteiger partial charge is 0.269 e. The summed E-state index contributed by atoms with van der Waals surface area (Å²) in [6.07, 6.45) is 7.50. The van der Waals surface area contributed by atoms with Crippen LogP contribution in [-0.2, 0) is 9.59 Å². The molecule has 0 radical (unpaired) electrons. The van der Waals surface area contributed by atoms with Crippen molar-refractivity contribution in [2.24, 2.45) is 5.10 Å². The Bertz CT molecular complexity index is 1210. The molecule has 3 aromatic rings. The van der Waals surface area contributed by atoms with Gasteiger partial charge in [0.2, 0.25) is 0 Å². The number of anilines is 2. The van der Waals surface area contributed by atoms with E-state index in [2.05, 4.69) is 36.4 Å². The van der Waals surface area contributed by atoms with Crippen LogP contribution in [0.25, 0.3) is 6.08 Å². The van der Waals surface area contributed by atoms with Crippen LogP contribution in [0.5, 0.6) is 0 Å². The Labute approximate surface area is 186 Å². The molecule has 2 aliphatic rings. The summed E-state index contributed by atoms with van der Waals surface area (Å²) in [5, 5.41) is 6.90. The monoisotopic (exact) mass is 419 g/mol. The minimum absolute atomic E-state index is 0.0641. The van der Waals surface area contributed by atoms with E-state index in [1.165, 1.54) is 22.6 Å². The van der Waals surface area contributed by atoms with Crippen LogP contribution in [0.2, 0.25) is 0 Å². The fourth-order valence-electron chi connectivity index (χ4n) is 3.97. The lowest BCUT2D eigenvalue weighted by Crippen LogP contribution is -2.29. The summed E-state index contributed by atoms with van der Waals surface area (Å²) in [6.45, 7) is 0. The van der Waals surface area contributed by atoms with E-state index in [9.17, 15) is 9.59 Å². The quantitative estimate of drug-likeness (QED) is 0.538. The van der Waals surface area contributed by atoms with Crippen molar-refractivity contribution in [2.45, 2.75) is 12.5 Å². The van der Waals surface area contributed by atoms with E-state index in [0.717, 1.165) is 23.4 Å². The predicted octanol–water partition coefficient (Wildman–Crippen LogP) is 5.14. The van der Waals surface area contributed by atoms with E-state index in [1.807, 2.05) is 53.5 Å². The molecular weight excluding hydrogens is 398 g/mol. The summed E-state index contributed by atoms with van der Waals surface area (Å²) in [5.74, 6) is -0.644. The SMILES string of the molecule is O=C1C=CC(=O)N1c1ccc(N2N=C(/C=C/c3ccccc3)CC2c2ccccc2)cc1. The van der Waals surface area contributed by atoms with Gasteiger partial charge in [-0.2, -0.15) is 5.10 Å². The van der Waals surface area contributed by atoms with Gasteiger partial charge < -0.3 is 0 Å². The summed E-state index contributed by atoms with van der Waals surface area (Å²) in [7, 11) is 0. The molecule has 0 N–H and O–H groups in total. The maximum absolute atomic E-state index is 12.0. The van der Waals surface area contributed by atoms with E-state index in [4.69, 9.17) is 5.10 Å². The number of imide groups is 1. The Morgan fingerprint density at radius 1 is 0.719 bits per heavy atom. The summed E-state index contributed by atoms with van der Waals surface area (Å²) in [6, 6.07) is 27.9. The molecule has 0 saturated heterocycles. The van der Waals surface area contributed by atoms with Crippen LogP contribution in [0.15, 0.2) is 108 Å². The molecule has 2 amide bonds. The zero-order valence-corrected chi connectivity index (χ0v) is 17.3. The van der Waals surface area contributed by atoms with Crippen LogP contribution in [0.3, 0.4) is 0 Å². The van der Waals surface area contributed by atoms with Crippen molar-refractivity contribution in [3.8, 4) is 0 Å². The number of carbonyl (C=O) groups excluding carboxylic acids is 2. The van der Waals surface area contributed by atoms with Crippen molar-refractivity contribution in [3.05, 3.63) is 114 Å². The Balaban J connectivity index is 1.44. The minimum Gasteiger partial charge on any atom is -0.269 e. The van der Waals surface area contributed by atoms with Crippen molar-refractivity contribution in [1.82, 2.24) is 0 Å². The van der Waals surface area contributed by atoms with E-state index in [0.29, 0.717) is 5.69 Å². The zero-order chi connectivity index (χ0) is 21.9. The molecule has 5 nitrogen and oxygen atoms in total. The summed E-state index contributed by atoms with van der Waals surface area (Å²) in [5.41, 5.74) is 4.75. The molecule has 0 spiro atoms. The van der Waals surface area contributed by atoms with E-state index in [-0.39, 0.29) is 17.9 Å².